The van der Waals surface area contributed by atoms with Crippen molar-refractivity contribution in [1.82, 2.24) is 0 Å². The lowest BCUT2D eigenvalue weighted by molar-refractivity contribution is 0.193. The van der Waals surface area contributed by atoms with Gasteiger partial charge in [-0.25, -0.2) is 0 Å². The van der Waals surface area contributed by atoms with E-state index in [1.807, 2.05) is 6.92 Å². The third-order valence-corrected chi connectivity index (χ3v) is 1.69. The SMILES string of the molecule is CCCCO/C(CCC)=C(/C)N. The summed E-state index contributed by atoms with van der Waals surface area (Å²) in [4.78, 5) is 0. The Labute approximate surface area is 75.8 Å². The molecular formula is C10H21NO. The van der Waals surface area contributed by atoms with Crippen LogP contribution in [0.25, 0.3) is 0 Å². The Kier molecular flexibility index (Phi) is 6.63. The van der Waals surface area contributed by atoms with Crippen LogP contribution in [0.5, 0.6) is 0 Å². The van der Waals surface area contributed by atoms with Crippen LogP contribution in [0.4, 0.5) is 0 Å². The molecule has 0 saturated carbocycles. The fourth-order valence-corrected chi connectivity index (χ4v) is 0.950. The van der Waals surface area contributed by atoms with Crippen LogP contribution < -0.4 is 5.73 Å². The fourth-order valence-electron chi connectivity index (χ4n) is 0.950. The molecular weight excluding hydrogens is 150 g/mol. The monoisotopic (exact) mass is 171 g/mol. The van der Waals surface area contributed by atoms with Crippen molar-refractivity contribution in [1.29, 1.82) is 0 Å². The zero-order valence-electron chi connectivity index (χ0n) is 8.52. The van der Waals surface area contributed by atoms with E-state index in [4.69, 9.17) is 10.5 Å². The minimum absolute atomic E-state index is 0.806. The van der Waals surface area contributed by atoms with E-state index in [0.29, 0.717) is 0 Å². The average Bonchev–Trinajstić information content (AvgIpc) is 2.03. The standard InChI is InChI=1S/C10H21NO/c1-4-6-8-12-10(7-5-2)9(3)11/h4-8,11H2,1-3H3/b10-9-. The molecule has 0 rings (SSSR count). The van der Waals surface area contributed by atoms with E-state index in [9.17, 15) is 0 Å². The maximum Gasteiger partial charge on any atom is 0.114 e. The summed E-state index contributed by atoms with van der Waals surface area (Å²) in [6.45, 7) is 6.99. The molecule has 0 fully saturated rings. The smallest absolute Gasteiger partial charge is 0.114 e. The van der Waals surface area contributed by atoms with E-state index in [-0.39, 0.29) is 0 Å². The fraction of sp³-hybridized carbons (Fsp3) is 0.800. The molecule has 72 valence electrons. The minimum atomic E-state index is 0.806. The number of hydrogen-bond acceptors (Lipinski definition) is 2. The van der Waals surface area contributed by atoms with Crippen molar-refractivity contribution < 1.29 is 4.74 Å². The molecule has 2 nitrogen and oxygen atoms in total. The molecule has 0 aliphatic rings. The molecule has 0 aromatic heterocycles. The maximum atomic E-state index is 5.66. The van der Waals surface area contributed by atoms with Crippen LogP contribution in [0.15, 0.2) is 11.5 Å². The van der Waals surface area contributed by atoms with Crippen LogP contribution in [-0.2, 0) is 4.74 Å². The van der Waals surface area contributed by atoms with E-state index in [1.54, 1.807) is 0 Å². The molecule has 0 aliphatic heterocycles. The third-order valence-electron chi connectivity index (χ3n) is 1.69. The van der Waals surface area contributed by atoms with E-state index in [2.05, 4.69) is 13.8 Å². The summed E-state index contributed by atoms with van der Waals surface area (Å²) in [5.41, 5.74) is 6.49. The van der Waals surface area contributed by atoms with Gasteiger partial charge in [0.05, 0.1) is 6.61 Å². The highest BCUT2D eigenvalue weighted by Crippen LogP contribution is 2.09. The molecule has 2 heteroatoms. The molecule has 0 heterocycles. The highest BCUT2D eigenvalue weighted by molar-refractivity contribution is 5.00. The second-order valence-corrected chi connectivity index (χ2v) is 3.06. The molecule has 0 amide bonds. The van der Waals surface area contributed by atoms with E-state index in [0.717, 1.165) is 37.3 Å². The lowest BCUT2D eigenvalue weighted by Gasteiger charge is -2.10. The number of rotatable bonds is 6. The molecule has 0 aliphatic carbocycles. The summed E-state index contributed by atoms with van der Waals surface area (Å²) in [5, 5.41) is 0. The average molecular weight is 171 g/mol. The minimum Gasteiger partial charge on any atom is -0.496 e. The molecule has 0 atom stereocenters. The van der Waals surface area contributed by atoms with Gasteiger partial charge in [0.15, 0.2) is 0 Å². The van der Waals surface area contributed by atoms with Crippen LogP contribution in [-0.4, -0.2) is 6.61 Å². The van der Waals surface area contributed by atoms with Crippen molar-refractivity contribution in [3.63, 3.8) is 0 Å². The Bertz CT molecular complexity index is 137. The van der Waals surface area contributed by atoms with Crippen molar-refractivity contribution in [2.75, 3.05) is 6.61 Å². The largest absolute Gasteiger partial charge is 0.496 e. The topological polar surface area (TPSA) is 35.2 Å². The summed E-state index contributed by atoms with van der Waals surface area (Å²) in [7, 11) is 0. The second kappa shape index (κ2) is 7.01. The van der Waals surface area contributed by atoms with Crippen LogP contribution in [0, 0.1) is 0 Å². The van der Waals surface area contributed by atoms with E-state index < -0.39 is 0 Å². The van der Waals surface area contributed by atoms with Gasteiger partial charge in [-0.1, -0.05) is 20.3 Å². The van der Waals surface area contributed by atoms with Gasteiger partial charge in [-0.3, -0.25) is 0 Å². The normalized spacial score (nSPS) is 12.6. The number of unbranched alkanes of at least 4 members (excludes halogenated alkanes) is 1. The first kappa shape index (κ1) is 11.3. The maximum absolute atomic E-state index is 5.66. The molecule has 0 unspecified atom stereocenters. The highest BCUT2D eigenvalue weighted by Gasteiger charge is 1.99. The highest BCUT2D eigenvalue weighted by atomic mass is 16.5. The Morgan fingerprint density at radius 3 is 2.33 bits per heavy atom. The van der Waals surface area contributed by atoms with Crippen molar-refractivity contribution in [3.05, 3.63) is 11.5 Å². The van der Waals surface area contributed by atoms with Crippen molar-refractivity contribution in [2.45, 2.75) is 46.5 Å². The summed E-state index contributed by atoms with van der Waals surface area (Å²) in [6.07, 6.45) is 4.34. The molecule has 0 aromatic carbocycles. The van der Waals surface area contributed by atoms with Crippen LogP contribution in [0.1, 0.15) is 46.5 Å². The van der Waals surface area contributed by atoms with Gasteiger partial charge in [0.1, 0.15) is 5.76 Å². The van der Waals surface area contributed by atoms with E-state index in [1.165, 1.54) is 6.42 Å². The summed E-state index contributed by atoms with van der Waals surface area (Å²) in [5.74, 6) is 0.978. The van der Waals surface area contributed by atoms with Gasteiger partial charge >= 0.3 is 0 Å². The Morgan fingerprint density at radius 1 is 1.25 bits per heavy atom. The van der Waals surface area contributed by atoms with Gasteiger partial charge in [-0.2, -0.15) is 0 Å². The molecule has 0 spiro atoms. The molecule has 12 heavy (non-hydrogen) atoms. The number of nitrogens with two attached hydrogens (primary N) is 1. The Morgan fingerprint density at radius 2 is 1.92 bits per heavy atom. The molecule has 0 saturated heterocycles. The van der Waals surface area contributed by atoms with Gasteiger partial charge in [0.25, 0.3) is 0 Å². The summed E-state index contributed by atoms with van der Waals surface area (Å²) < 4.78 is 5.54. The predicted octanol–water partition coefficient (Wildman–Crippen LogP) is 2.79. The van der Waals surface area contributed by atoms with E-state index >= 15 is 0 Å². The van der Waals surface area contributed by atoms with Gasteiger partial charge < -0.3 is 10.5 Å². The third kappa shape index (κ3) is 5.05. The molecule has 2 N–H and O–H groups in total. The van der Waals surface area contributed by atoms with Gasteiger partial charge in [0, 0.05) is 12.1 Å². The quantitative estimate of drug-likeness (QED) is 0.492. The molecule has 0 bridgehead atoms. The number of allylic oxidation sites excluding steroid dienone is 2. The predicted molar refractivity (Wildman–Crippen MR) is 52.7 cm³/mol. The zero-order valence-corrected chi connectivity index (χ0v) is 8.52. The van der Waals surface area contributed by atoms with Gasteiger partial charge in [0.2, 0.25) is 0 Å². The number of hydrogen-bond donors (Lipinski definition) is 1. The molecule has 0 radical (unpaired) electrons. The van der Waals surface area contributed by atoms with Crippen molar-refractivity contribution in [2.24, 2.45) is 5.73 Å². The molecule has 0 aromatic rings. The number of ether oxygens (including phenoxy) is 1. The Hall–Kier alpha value is -0.660. The van der Waals surface area contributed by atoms with Crippen LogP contribution >= 0.6 is 0 Å². The zero-order chi connectivity index (χ0) is 9.40. The first-order chi connectivity index (χ1) is 5.72. The first-order valence-corrected chi connectivity index (χ1v) is 4.80. The van der Waals surface area contributed by atoms with Crippen molar-refractivity contribution in [3.8, 4) is 0 Å². The van der Waals surface area contributed by atoms with Crippen molar-refractivity contribution >= 4 is 0 Å². The summed E-state index contributed by atoms with van der Waals surface area (Å²) >= 11 is 0. The lowest BCUT2D eigenvalue weighted by atomic mass is 10.2. The van der Waals surface area contributed by atoms with Gasteiger partial charge in [-0.15, -0.1) is 0 Å². The lowest BCUT2D eigenvalue weighted by Crippen LogP contribution is -2.03. The van der Waals surface area contributed by atoms with Gasteiger partial charge in [-0.05, 0) is 19.8 Å². The second-order valence-electron chi connectivity index (χ2n) is 3.06. The first-order valence-electron chi connectivity index (χ1n) is 4.80. The Balaban J connectivity index is 3.73. The van der Waals surface area contributed by atoms with Crippen LogP contribution in [0.2, 0.25) is 0 Å². The van der Waals surface area contributed by atoms with Crippen LogP contribution in [0.3, 0.4) is 0 Å². The summed E-state index contributed by atoms with van der Waals surface area (Å²) in [6, 6.07) is 0.